The molecule has 0 rings (SSSR count). The first-order valence-electron chi connectivity index (χ1n) is 4.72. The Bertz CT molecular complexity index is 154. The zero-order chi connectivity index (χ0) is 11.0. The van der Waals surface area contributed by atoms with Crippen LogP contribution in [-0.4, -0.2) is 56.6 Å². The Morgan fingerprint density at radius 3 is 1.71 bits per heavy atom. The van der Waals surface area contributed by atoms with Gasteiger partial charge in [-0.2, -0.15) is 0 Å². The molecule has 0 unspecified atom stereocenters. The SMILES string of the molecule is CCN(CC)C(=O)N(COC)COC. The number of amides is 2. The maximum absolute atomic E-state index is 11.8. The van der Waals surface area contributed by atoms with Crippen LogP contribution in [0.1, 0.15) is 13.8 Å². The van der Waals surface area contributed by atoms with E-state index in [9.17, 15) is 4.79 Å². The molecule has 0 radical (unpaired) electrons. The maximum Gasteiger partial charge on any atom is 0.323 e. The van der Waals surface area contributed by atoms with Crippen molar-refractivity contribution in [1.29, 1.82) is 0 Å². The fraction of sp³-hybridized carbons (Fsp3) is 0.889. The van der Waals surface area contributed by atoms with E-state index in [1.165, 1.54) is 4.90 Å². The maximum atomic E-state index is 11.8. The van der Waals surface area contributed by atoms with Crippen LogP contribution >= 0.6 is 0 Å². The first-order valence-corrected chi connectivity index (χ1v) is 4.72. The van der Waals surface area contributed by atoms with Gasteiger partial charge in [-0.3, -0.25) is 4.90 Å². The van der Waals surface area contributed by atoms with Crippen molar-refractivity contribution in [2.24, 2.45) is 0 Å². The summed E-state index contributed by atoms with van der Waals surface area (Å²) in [7, 11) is 3.11. The molecule has 5 nitrogen and oxygen atoms in total. The van der Waals surface area contributed by atoms with Crippen molar-refractivity contribution in [3.05, 3.63) is 0 Å². The quantitative estimate of drug-likeness (QED) is 0.605. The Morgan fingerprint density at radius 1 is 1.00 bits per heavy atom. The van der Waals surface area contributed by atoms with Crippen molar-refractivity contribution in [3.8, 4) is 0 Å². The van der Waals surface area contributed by atoms with E-state index in [-0.39, 0.29) is 19.5 Å². The summed E-state index contributed by atoms with van der Waals surface area (Å²) in [5.41, 5.74) is 0. The van der Waals surface area contributed by atoms with Crippen molar-refractivity contribution in [3.63, 3.8) is 0 Å². The van der Waals surface area contributed by atoms with Gasteiger partial charge >= 0.3 is 6.03 Å². The second-order valence-corrected chi connectivity index (χ2v) is 2.83. The molecule has 5 heteroatoms. The minimum absolute atomic E-state index is 0.0568. The lowest BCUT2D eigenvalue weighted by molar-refractivity contribution is 0.00256. The molecular formula is C9H20N2O3. The van der Waals surface area contributed by atoms with Gasteiger partial charge in [-0.1, -0.05) is 0 Å². The van der Waals surface area contributed by atoms with Crippen LogP contribution in [0.2, 0.25) is 0 Å². The molecule has 84 valence electrons. The first kappa shape index (κ1) is 13.2. The van der Waals surface area contributed by atoms with Gasteiger partial charge in [0, 0.05) is 27.3 Å². The van der Waals surface area contributed by atoms with E-state index in [0.717, 1.165) is 0 Å². The zero-order valence-electron chi connectivity index (χ0n) is 9.45. The number of ether oxygens (including phenoxy) is 2. The lowest BCUT2D eigenvalue weighted by atomic mass is 10.5. The summed E-state index contributed by atoms with van der Waals surface area (Å²) in [6.07, 6.45) is 0. The molecule has 0 saturated heterocycles. The van der Waals surface area contributed by atoms with Crippen molar-refractivity contribution in [2.75, 3.05) is 40.8 Å². The van der Waals surface area contributed by atoms with Gasteiger partial charge in [-0.15, -0.1) is 0 Å². The minimum Gasteiger partial charge on any atom is -0.364 e. The Labute approximate surface area is 85.6 Å². The highest BCUT2D eigenvalue weighted by Gasteiger charge is 2.17. The topological polar surface area (TPSA) is 42.0 Å². The lowest BCUT2D eigenvalue weighted by Crippen LogP contribution is -2.44. The number of methoxy groups -OCH3 is 2. The molecule has 0 aliphatic rings. The molecule has 0 aromatic heterocycles. The molecule has 2 amide bonds. The number of hydrogen-bond donors (Lipinski definition) is 0. The number of rotatable bonds is 6. The highest BCUT2D eigenvalue weighted by molar-refractivity contribution is 5.74. The largest absolute Gasteiger partial charge is 0.364 e. The van der Waals surface area contributed by atoms with Gasteiger partial charge in [0.1, 0.15) is 13.5 Å². The van der Waals surface area contributed by atoms with Crippen LogP contribution in [0.25, 0.3) is 0 Å². The van der Waals surface area contributed by atoms with Crippen LogP contribution < -0.4 is 0 Å². The van der Waals surface area contributed by atoms with Crippen LogP contribution in [-0.2, 0) is 9.47 Å². The summed E-state index contributed by atoms with van der Waals surface area (Å²) in [6, 6.07) is -0.0568. The van der Waals surface area contributed by atoms with E-state index in [4.69, 9.17) is 9.47 Å². The highest BCUT2D eigenvalue weighted by atomic mass is 16.5. The second kappa shape index (κ2) is 7.58. The number of carbonyl (C=O) groups is 1. The molecule has 0 fully saturated rings. The number of carbonyl (C=O) groups excluding carboxylic acids is 1. The van der Waals surface area contributed by atoms with Crippen molar-refractivity contribution in [2.45, 2.75) is 13.8 Å². The number of urea groups is 1. The third kappa shape index (κ3) is 3.93. The number of hydrogen-bond acceptors (Lipinski definition) is 3. The van der Waals surface area contributed by atoms with Gasteiger partial charge in [0.15, 0.2) is 0 Å². The van der Waals surface area contributed by atoms with Crippen LogP contribution in [0.3, 0.4) is 0 Å². The van der Waals surface area contributed by atoms with Crippen LogP contribution in [0, 0.1) is 0 Å². The summed E-state index contributed by atoms with van der Waals surface area (Å²) >= 11 is 0. The van der Waals surface area contributed by atoms with Gasteiger partial charge in [0.2, 0.25) is 0 Å². The number of nitrogens with zero attached hydrogens (tertiary/aromatic N) is 2. The van der Waals surface area contributed by atoms with Crippen molar-refractivity contribution in [1.82, 2.24) is 9.80 Å². The van der Waals surface area contributed by atoms with E-state index >= 15 is 0 Å². The van der Waals surface area contributed by atoms with Gasteiger partial charge in [-0.25, -0.2) is 4.79 Å². The Morgan fingerprint density at radius 2 is 1.43 bits per heavy atom. The van der Waals surface area contributed by atoms with E-state index in [1.807, 2.05) is 13.8 Å². The molecule has 14 heavy (non-hydrogen) atoms. The summed E-state index contributed by atoms with van der Waals surface area (Å²) in [4.78, 5) is 15.0. The molecule has 0 bridgehead atoms. The average Bonchev–Trinajstić information content (AvgIpc) is 2.19. The van der Waals surface area contributed by atoms with Crippen molar-refractivity contribution < 1.29 is 14.3 Å². The smallest absolute Gasteiger partial charge is 0.323 e. The fourth-order valence-electron chi connectivity index (χ4n) is 1.15. The molecule has 0 aliphatic heterocycles. The van der Waals surface area contributed by atoms with E-state index < -0.39 is 0 Å². The van der Waals surface area contributed by atoms with Gasteiger partial charge < -0.3 is 14.4 Å². The standard InChI is InChI=1S/C9H20N2O3/c1-5-10(6-2)9(12)11(7-13-3)8-14-4/h5-8H2,1-4H3. The molecule has 0 N–H and O–H groups in total. The van der Waals surface area contributed by atoms with Crippen molar-refractivity contribution >= 4 is 6.03 Å². The highest BCUT2D eigenvalue weighted by Crippen LogP contribution is 1.99. The second-order valence-electron chi connectivity index (χ2n) is 2.83. The van der Waals surface area contributed by atoms with Gasteiger partial charge in [0.05, 0.1) is 0 Å². The predicted octanol–water partition coefficient (Wildman–Crippen LogP) is 0.958. The third-order valence-electron chi connectivity index (χ3n) is 1.87. The van der Waals surface area contributed by atoms with E-state index in [0.29, 0.717) is 13.1 Å². The molecule has 0 heterocycles. The van der Waals surface area contributed by atoms with Crippen LogP contribution in [0.15, 0.2) is 0 Å². The monoisotopic (exact) mass is 204 g/mol. The predicted molar refractivity (Wildman–Crippen MR) is 53.9 cm³/mol. The van der Waals surface area contributed by atoms with Crippen LogP contribution in [0.5, 0.6) is 0 Å². The normalized spacial score (nSPS) is 10.0. The summed E-state index contributed by atoms with van der Waals surface area (Å²) in [5.74, 6) is 0. The average molecular weight is 204 g/mol. The minimum atomic E-state index is -0.0568. The molecule has 0 aromatic carbocycles. The summed E-state index contributed by atoms with van der Waals surface area (Å²) in [5, 5.41) is 0. The molecule has 0 atom stereocenters. The van der Waals surface area contributed by atoms with E-state index in [2.05, 4.69) is 0 Å². The van der Waals surface area contributed by atoms with Crippen LogP contribution in [0.4, 0.5) is 4.79 Å². The summed E-state index contributed by atoms with van der Waals surface area (Å²) < 4.78 is 9.83. The Hall–Kier alpha value is -0.810. The van der Waals surface area contributed by atoms with Gasteiger partial charge in [0.25, 0.3) is 0 Å². The summed E-state index contributed by atoms with van der Waals surface area (Å²) in [6.45, 7) is 5.78. The lowest BCUT2D eigenvalue weighted by Gasteiger charge is -2.27. The fourth-order valence-corrected chi connectivity index (χ4v) is 1.15. The third-order valence-corrected chi connectivity index (χ3v) is 1.87. The Kier molecular flexibility index (Phi) is 7.14. The zero-order valence-corrected chi connectivity index (χ0v) is 9.45. The van der Waals surface area contributed by atoms with E-state index in [1.54, 1.807) is 19.1 Å². The molecule has 0 aromatic rings. The molecule has 0 spiro atoms. The molecular weight excluding hydrogens is 184 g/mol. The first-order chi connectivity index (χ1) is 6.71. The van der Waals surface area contributed by atoms with Gasteiger partial charge in [-0.05, 0) is 13.8 Å². The Balaban J connectivity index is 4.24. The molecule has 0 aliphatic carbocycles. The molecule has 0 saturated carbocycles.